The number of likely N-dealkylation sites (tertiary alicyclic amines) is 1. The van der Waals surface area contributed by atoms with Crippen molar-refractivity contribution >= 4 is 11.9 Å². The Morgan fingerprint density at radius 1 is 1.31 bits per heavy atom. The molecule has 1 saturated heterocycles. The Kier molecular flexibility index (Phi) is 5.05. The Hall–Kier alpha value is -3.21. The number of ether oxygens (including phenoxy) is 2. The third-order valence-electron chi connectivity index (χ3n) is 5.65. The van der Waals surface area contributed by atoms with Gasteiger partial charge in [0.05, 0.1) is 29.4 Å². The van der Waals surface area contributed by atoms with Gasteiger partial charge in [0.2, 0.25) is 0 Å². The number of hydrogen-bond donors (Lipinski definition) is 1. The van der Waals surface area contributed by atoms with E-state index < -0.39 is 0 Å². The molecule has 1 aromatic carbocycles. The van der Waals surface area contributed by atoms with Crippen LogP contribution in [0.2, 0.25) is 0 Å². The van der Waals surface area contributed by atoms with Gasteiger partial charge in [0.1, 0.15) is 23.8 Å². The number of aromatic nitrogens is 2. The highest BCUT2D eigenvalue weighted by Crippen LogP contribution is 2.39. The molecule has 152 valence electrons. The minimum atomic E-state index is -0.246. The standard InChI is InChI=1S/C21H25N5O3/c1-21(8-9-21)29-20(27)25-10-6-17(7-11-25)26-19(23)16(13-24-26)14-28-18-4-2-15(12-22)3-5-18/h2-5,13,17H,6-11,14,23H2,1H3. The third-order valence-corrected chi connectivity index (χ3v) is 5.65. The molecule has 0 bridgehead atoms. The van der Waals surface area contributed by atoms with Gasteiger partial charge in [0.25, 0.3) is 0 Å². The average Bonchev–Trinajstić information content (AvgIpc) is 3.35. The van der Waals surface area contributed by atoms with E-state index in [0.29, 0.717) is 36.8 Å². The van der Waals surface area contributed by atoms with Crippen LogP contribution in [0.3, 0.4) is 0 Å². The summed E-state index contributed by atoms with van der Waals surface area (Å²) < 4.78 is 13.1. The molecule has 2 aromatic rings. The summed E-state index contributed by atoms with van der Waals surface area (Å²) >= 11 is 0. The van der Waals surface area contributed by atoms with Gasteiger partial charge in [0, 0.05) is 13.1 Å². The molecule has 2 heterocycles. The van der Waals surface area contributed by atoms with Crippen molar-refractivity contribution in [2.24, 2.45) is 0 Å². The van der Waals surface area contributed by atoms with Gasteiger partial charge in [-0.3, -0.25) is 0 Å². The number of anilines is 1. The molecule has 2 fully saturated rings. The highest BCUT2D eigenvalue weighted by Gasteiger charge is 2.43. The number of nitriles is 1. The molecule has 8 nitrogen and oxygen atoms in total. The van der Waals surface area contributed by atoms with E-state index in [1.807, 2.05) is 11.6 Å². The Morgan fingerprint density at radius 2 is 2.00 bits per heavy atom. The normalized spacial score (nSPS) is 18.1. The van der Waals surface area contributed by atoms with Gasteiger partial charge in [-0.15, -0.1) is 0 Å². The Morgan fingerprint density at radius 3 is 2.62 bits per heavy atom. The van der Waals surface area contributed by atoms with E-state index in [2.05, 4.69) is 11.2 Å². The van der Waals surface area contributed by atoms with Gasteiger partial charge in [0.15, 0.2) is 0 Å². The monoisotopic (exact) mass is 395 g/mol. The molecule has 2 aliphatic rings. The first-order chi connectivity index (χ1) is 14.0. The second-order valence-electron chi connectivity index (χ2n) is 7.96. The maximum Gasteiger partial charge on any atom is 0.410 e. The zero-order valence-electron chi connectivity index (χ0n) is 16.5. The highest BCUT2D eigenvalue weighted by atomic mass is 16.6. The van der Waals surface area contributed by atoms with Crippen molar-refractivity contribution in [3.8, 4) is 11.8 Å². The summed E-state index contributed by atoms with van der Waals surface area (Å²) in [4.78, 5) is 14.0. The molecule has 4 rings (SSSR count). The Labute approximate surface area is 169 Å². The lowest BCUT2D eigenvalue weighted by Gasteiger charge is -2.32. The lowest BCUT2D eigenvalue weighted by molar-refractivity contribution is 0.0491. The van der Waals surface area contributed by atoms with Crippen LogP contribution in [0.1, 0.15) is 49.8 Å². The maximum atomic E-state index is 12.3. The molecule has 1 saturated carbocycles. The fraction of sp³-hybridized carbons (Fsp3) is 0.476. The minimum Gasteiger partial charge on any atom is -0.489 e. The van der Waals surface area contributed by atoms with Crippen LogP contribution >= 0.6 is 0 Å². The van der Waals surface area contributed by atoms with Gasteiger partial charge in [-0.25, -0.2) is 9.48 Å². The molecular formula is C21H25N5O3. The molecule has 1 aliphatic heterocycles. The predicted molar refractivity (Wildman–Crippen MR) is 106 cm³/mol. The molecule has 0 radical (unpaired) electrons. The summed E-state index contributed by atoms with van der Waals surface area (Å²) in [7, 11) is 0. The van der Waals surface area contributed by atoms with E-state index in [0.717, 1.165) is 31.2 Å². The molecule has 1 aromatic heterocycles. The zero-order valence-corrected chi connectivity index (χ0v) is 16.5. The van der Waals surface area contributed by atoms with E-state index in [9.17, 15) is 4.79 Å². The van der Waals surface area contributed by atoms with Crippen LogP contribution in [0.15, 0.2) is 30.5 Å². The summed E-state index contributed by atoms with van der Waals surface area (Å²) in [6.07, 6.45) is 4.99. The van der Waals surface area contributed by atoms with Crippen molar-refractivity contribution in [3.05, 3.63) is 41.6 Å². The van der Waals surface area contributed by atoms with Gasteiger partial charge in [-0.1, -0.05) is 0 Å². The second kappa shape index (κ2) is 7.66. The number of amides is 1. The smallest absolute Gasteiger partial charge is 0.410 e. The van der Waals surface area contributed by atoms with E-state index >= 15 is 0 Å². The molecule has 8 heteroatoms. The maximum absolute atomic E-state index is 12.3. The molecule has 2 N–H and O–H groups in total. The van der Waals surface area contributed by atoms with Crippen molar-refractivity contribution in [3.63, 3.8) is 0 Å². The van der Waals surface area contributed by atoms with Crippen molar-refractivity contribution in [2.45, 2.75) is 50.9 Å². The lowest BCUT2D eigenvalue weighted by atomic mass is 10.1. The SMILES string of the molecule is CC1(OC(=O)N2CCC(n3ncc(COc4ccc(C#N)cc4)c3N)CC2)CC1. The van der Waals surface area contributed by atoms with E-state index in [-0.39, 0.29) is 17.7 Å². The number of hydrogen-bond acceptors (Lipinski definition) is 6. The summed E-state index contributed by atoms with van der Waals surface area (Å²) in [5.74, 6) is 1.26. The largest absolute Gasteiger partial charge is 0.489 e. The predicted octanol–water partition coefficient (Wildman–Crippen LogP) is 3.24. The van der Waals surface area contributed by atoms with Crippen LogP contribution < -0.4 is 10.5 Å². The van der Waals surface area contributed by atoms with E-state index in [4.69, 9.17) is 20.5 Å². The van der Waals surface area contributed by atoms with Crippen LogP contribution in [0.4, 0.5) is 10.6 Å². The molecule has 0 atom stereocenters. The molecule has 0 spiro atoms. The number of benzene rings is 1. The fourth-order valence-corrected chi connectivity index (χ4v) is 3.44. The number of carbonyl (C=O) groups is 1. The first-order valence-electron chi connectivity index (χ1n) is 9.90. The van der Waals surface area contributed by atoms with Crippen molar-refractivity contribution in [2.75, 3.05) is 18.8 Å². The number of nitrogens with zero attached hydrogens (tertiary/aromatic N) is 4. The minimum absolute atomic E-state index is 0.152. The first kappa shape index (κ1) is 19.1. The van der Waals surface area contributed by atoms with Gasteiger partial charge >= 0.3 is 6.09 Å². The van der Waals surface area contributed by atoms with Gasteiger partial charge in [-0.05, 0) is 56.9 Å². The van der Waals surface area contributed by atoms with Crippen LogP contribution in [0.25, 0.3) is 0 Å². The number of carbonyl (C=O) groups excluding carboxylic acids is 1. The van der Waals surface area contributed by atoms with Crippen molar-refractivity contribution in [1.29, 1.82) is 5.26 Å². The molecule has 29 heavy (non-hydrogen) atoms. The Bertz CT molecular complexity index is 919. The van der Waals surface area contributed by atoms with E-state index in [1.165, 1.54) is 0 Å². The first-order valence-corrected chi connectivity index (χ1v) is 9.90. The van der Waals surface area contributed by atoms with Crippen LogP contribution in [0, 0.1) is 11.3 Å². The number of nitrogen functional groups attached to an aromatic ring is 1. The second-order valence-corrected chi connectivity index (χ2v) is 7.96. The molecule has 1 amide bonds. The van der Waals surface area contributed by atoms with Crippen LogP contribution in [-0.4, -0.2) is 39.5 Å². The third kappa shape index (κ3) is 4.29. The summed E-state index contributed by atoms with van der Waals surface area (Å²) in [5.41, 5.74) is 7.46. The summed E-state index contributed by atoms with van der Waals surface area (Å²) in [6, 6.07) is 9.18. The summed E-state index contributed by atoms with van der Waals surface area (Å²) in [6.45, 7) is 3.55. The topological polar surface area (TPSA) is 106 Å². The van der Waals surface area contributed by atoms with Crippen molar-refractivity contribution < 1.29 is 14.3 Å². The fourth-order valence-electron chi connectivity index (χ4n) is 3.44. The quantitative estimate of drug-likeness (QED) is 0.833. The van der Waals surface area contributed by atoms with Gasteiger partial charge in [-0.2, -0.15) is 10.4 Å². The van der Waals surface area contributed by atoms with Crippen LogP contribution in [0.5, 0.6) is 5.75 Å². The number of rotatable bonds is 5. The average molecular weight is 395 g/mol. The molecular weight excluding hydrogens is 370 g/mol. The Balaban J connectivity index is 1.31. The van der Waals surface area contributed by atoms with Crippen LogP contribution in [-0.2, 0) is 11.3 Å². The van der Waals surface area contributed by atoms with E-state index in [1.54, 1.807) is 35.4 Å². The van der Waals surface area contributed by atoms with Crippen molar-refractivity contribution in [1.82, 2.24) is 14.7 Å². The van der Waals surface area contributed by atoms with Gasteiger partial charge < -0.3 is 20.1 Å². The summed E-state index contributed by atoms with van der Waals surface area (Å²) in [5, 5.41) is 13.3. The molecule has 1 aliphatic carbocycles. The molecule has 0 unspecified atom stereocenters. The number of piperidine rings is 1. The number of nitrogens with two attached hydrogens (primary N) is 1. The highest BCUT2D eigenvalue weighted by molar-refractivity contribution is 5.68. The zero-order chi connectivity index (χ0) is 20.4. The lowest BCUT2D eigenvalue weighted by Crippen LogP contribution is -2.41.